The largest absolute Gasteiger partial charge is 0.497 e. The van der Waals surface area contributed by atoms with Crippen molar-refractivity contribution in [1.29, 1.82) is 0 Å². The molecule has 0 aliphatic rings. The molecule has 0 unspecified atom stereocenters. The van der Waals surface area contributed by atoms with Crippen molar-refractivity contribution in [2.45, 2.75) is 20.5 Å². The monoisotopic (exact) mass is 335 g/mol. The summed E-state index contributed by atoms with van der Waals surface area (Å²) in [6, 6.07) is 17.5. The van der Waals surface area contributed by atoms with Gasteiger partial charge in [0.15, 0.2) is 0 Å². The van der Waals surface area contributed by atoms with Crippen molar-refractivity contribution in [2.75, 3.05) is 7.11 Å². The zero-order valence-electron chi connectivity index (χ0n) is 14.7. The molecule has 4 nitrogen and oxygen atoms in total. The lowest BCUT2D eigenvalue weighted by atomic mass is 10.0. The Labute approximate surface area is 147 Å². The Morgan fingerprint density at radius 1 is 1.00 bits per heavy atom. The van der Waals surface area contributed by atoms with Crippen molar-refractivity contribution in [3.05, 3.63) is 77.6 Å². The van der Waals surface area contributed by atoms with Crippen molar-refractivity contribution in [3.8, 4) is 16.9 Å². The summed E-state index contributed by atoms with van der Waals surface area (Å²) in [6.45, 7) is 4.19. The van der Waals surface area contributed by atoms with Gasteiger partial charge in [-0.05, 0) is 42.7 Å². The molecule has 0 saturated carbocycles. The minimum atomic E-state index is -0.371. The maximum absolute atomic E-state index is 12.5. The summed E-state index contributed by atoms with van der Waals surface area (Å²) in [7, 11) is 1.64. The van der Waals surface area contributed by atoms with Gasteiger partial charge in [-0.25, -0.2) is 4.79 Å². The maximum Gasteiger partial charge on any atom is 0.418 e. The zero-order chi connectivity index (χ0) is 17.8. The van der Waals surface area contributed by atoms with Crippen LogP contribution in [0.3, 0.4) is 0 Å². The number of benzene rings is 2. The van der Waals surface area contributed by atoms with Crippen LogP contribution in [0.25, 0.3) is 11.1 Å². The summed E-state index contributed by atoms with van der Waals surface area (Å²) in [4.78, 5) is 12.5. The molecule has 1 heterocycles. The van der Waals surface area contributed by atoms with Crippen LogP contribution in [0.1, 0.15) is 16.8 Å². The van der Waals surface area contributed by atoms with E-state index in [-0.39, 0.29) is 12.7 Å². The van der Waals surface area contributed by atoms with Gasteiger partial charge in [0.05, 0.1) is 7.11 Å². The number of carbonyl (C=O) groups excluding carboxylic acids is 1. The molecular formula is C21H21NO3. The molecule has 25 heavy (non-hydrogen) atoms. The molecule has 4 heteroatoms. The second kappa shape index (κ2) is 7.26. The maximum atomic E-state index is 12.5. The Morgan fingerprint density at radius 3 is 2.32 bits per heavy atom. The normalized spacial score (nSPS) is 10.5. The van der Waals surface area contributed by atoms with E-state index in [1.807, 2.05) is 74.6 Å². The fourth-order valence-electron chi connectivity index (χ4n) is 2.74. The second-order valence-corrected chi connectivity index (χ2v) is 5.89. The van der Waals surface area contributed by atoms with Crippen LogP contribution in [0.15, 0.2) is 60.8 Å². The van der Waals surface area contributed by atoms with E-state index >= 15 is 0 Å². The van der Waals surface area contributed by atoms with Gasteiger partial charge in [0.1, 0.15) is 12.4 Å². The van der Waals surface area contributed by atoms with Crippen LogP contribution in [0.2, 0.25) is 0 Å². The molecule has 0 atom stereocenters. The third-order valence-corrected chi connectivity index (χ3v) is 4.37. The first kappa shape index (κ1) is 16.8. The lowest BCUT2D eigenvalue weighted by Gasteiger charge is -2.07. The third-order valence-electron chi connectivity index (χ3n) is 4.37. The molecule has 1 aromatic heterocycles. The standard InChI is InChI=1S/C21H21NO3/c1-15-16(2)22(21(23)25-14-17-7-5-4-6-8-17)13-20(15)18-9-11-19(24-3)12-10-18/h4-13H,14H2,1-3H3. The Bertz CT molecular complexity index is 864. The number of hydrogen-bond donors (Lipinski definition) is 0. The number of hydrogen-bond acceptors (Lipinski definition) is 3. The van der Waals surface area contributed by atoms with E-state index in [2.05, 4.69) is 0 Å². The highest BCUT2D eigenvalue weighted by molar-refractivity contribution is 5.78. The smallest absolute Gasteiger partial charge is 0.418 e. The topological polar surface area (TPSA) is 40.5 Å². The molecule has 0 N–H and O–H groups in total. The number of ether oxygens (including phenoxy) is 2. The van der Waals surface area contributed by atoms with E-state index in [1.165, 1.54) is 0 Å². The predicted octanol–water partition coefficient (Wildman–Crippen LogP) is 4.97. The summed E-state index contributed by atoms with van der Waals surface area (Å²) in [5.41, 5.74) is 4.95. The fourth-order valence-corrected chi connectivity index (χ4v) is 2.74. The van der Waals surface area contributed by atoms with Crippen molar-refractivity contribution in [3.63, 3.8) is 0 Å². The summed E-state index contributed by atoms with van der Waals surface area (Å²) in [5, 5.41) is 0. The van der Waals surface area contributed by atoms with E-state index in [0.29, 0.717) is 0 Å². The molecule has 3 aromatic rings. The minimum absolute atomic E-state index is 0.258. The molecule has 0 aliphatic carbocycles. The lowest BCUT2D eigenvalue weighted by Crippen LogP contribution is -2.14. The van der Waals surface area contributed by atoms with Crippen LogP contribution in [0.5, 0.6) is 5.75 Å². The molecule has 0 radical (unpaired) electrons. The van der Waals surface area contributed by atoms with Gasteiger partial charge in [0.2, 0.25) is 0 Å². The molecular weight excluding hydrogens is 314 g/mol. The van der Waals surface area contributed by atoms with Gasteiger partial charge in [-0.1, -0.05) is 42.5 Å². The highest BCUT2D eigenvalue weighted by atomic mass is 16.5. The summed E-state index contributed by atoms with van der Waals surface area (Å²) in [6.07, 6.45) is 1.46. The SMILES string of the molecule is COc1ccc(-c2cn(C(=O)OCc3ccccc3)c(C)c2C)cc1. The Hall–Kier alpha value is -3.01. The highest BCUT2D eigenvalue weighted by Crippen LogP contribution is 2.29. The van der Waals surface area contributed by atoms with E-state index < -0.39 is 0 Å². The lowest BCUT2D eigenvalue weighted by molar-refractivity contribution is 0.141. The van der Waals surface area contributed by atoms with Crippen molar-refractivity contribution in [1.82, 2.24) is 4.57 Å². The number of rotatable bonds is 4. The molecule has 0 saturated heterocycles. The van der Waals surface area contributed by atoms with E-state index in [4.69, 9.17) is 9.47 Å². The zero-order valence-corrected chi connectivity index (χ0v) is 14.7. The highest BCUT2D eigenvalue weighted by Gasteiger charge is 2.16. The van der Waals surface area contributed by atoms with Crippen molar-refractivity contribution in [2.24, 2.45) is 0 Å². The van der Waals surface area contributed by atoms with Crippen molar-refractivity contribution >= 4 is 6.09 Å². The molecule has 0 aliphatic heterocycles. The summed E-state index contributed by atoms with van der Waals surface area (Å²) < 4.78 is 12.2. The molecule has 0 fully saturated rings. The van der Waals surface area contributed by atoms with Crippen LogP contribution < -0.4 is 4.74 Å². The van der Waals surface area contributed by atoms with E-state index in [1.54, 1.807) is 11.7 Å². The second-order valence-electron chi connectivity index (χ2n) is 5.89. The molecule has 0 bridgehead atoms. The van der Waals surface area contributed by atoms with Crippen LogP contribution in [-0.4, -0.2) is 17.8 Å². The van der Waals surface area contributed by atoms with E-state index in [0.717, 1.165) is 33.7 Å². The summed E-state index contributed by atoms with van der Waals surface area (Å²) in [5.74, 6) is 0.805. The van der Waals surface area contributed by atoms with Crippen LogP contribution in [0.4, 0.5) is 4.79 Å². The van der Waals surface area contributed by atoms with Gasteiger partial charge >= 0.3 is 6.09 Å². The first-order chi connectivity index (χ1) is 12.1. The van der Waals surface area contributed by atoms with Gasteiger partial charge < -0.3 is 9.47 Å². The van der Waals surface area contributed by atoms with E-state index in [9.17, 15) is 4.79 Å². The molecule has 2 aromatic carbocycles. The van der Waals surface area contributed by atoms with Crippen LogP contribution in [0, 0.1) is 13.8 Å². The van der Waals surface area contributed by atoms with Gasteiger partial charge in [-0.15, -0.1) is 0 Å². The average molecular weight is 335 g/mol. The van der Waals surface area contributed by atoms with Crippen molar-refractivity contribution < 1.29 is 14.3 Å². The quantitative estimate of drug-likeness (QED) is 0.676. The molecule has 3 rings (SSSR count). The molecule has 0 amide bonds. The Kier molecular flexibility index (Phi) is 4.89. The predicted molar refractivity (Wildman–Crippen MR) is 97.9 cm³/mol. The average Bonchev–Trinajstić information content (AvgIpc) is 2.96. The van der Waals surface area contributed by atoms with Crippen LogP contribution >= 0.6 is 0 Å². The van der Waals surface area contributed by atoms with Gasteiger partial charge in [0, 0.05) is 17.5 Å². The van der Waals surface area contributed by atoms with Gasteiger partial charge in [-0.3, -0.25) is 4.57 Å². The number of aromatic nitrogens is 1. The fraction of sp³-hybridized carbons (Fsp3) is 0.190. The Balaban J connectivity index is 1.81. The van der Waals surface area contributed by atoms with Crippen LogP contribution in [-0.2, 0) is 11.3 Å². The first-order valence-corrected chi connectivity index (χ1v) is 8.14. The Morgan fingerprint density at radius 2 is 1.68 bits per heavy atom. The number of methoxy groups -OCH3 is 1. The molecule has 128 valence electrons. The number of carbonyl (C=O) groups is 1. The van der Waals surface area contributed by atoms with Gasteiger partial charge in [0.25, 0.3) is 0 Å². The minimum Gasteiger partial charge on any atom is -0.497 e. The summed E-state index contributed by atoms with van der Waals surface area (Å²) >= 11 is 0. The van der Waals surface area contributed by atoms with Gasteiger partial charge in [-0.2, -0.15) is 0 Å². The number of nitrogens with zero attached hydrogens (tertiary/aromatic N) is 1. The first-order valence-electron chi connectivity index (χ1n) is 8.14. The third kappa shape index (κ3) is 3.58. The molecule has 0 spiro atoms.